The highest BCUT2D eigenvalue weighted by Crippen LogP contribution is 2.34. The molecule has 2 aromatic carbocycles. The molecule has 1 amide bonds. The van der Waals surface area contributed by atoms with Crippen molar-refractivity contribution in [1.82, 2.24) is 29.5 Å². The lowest BCUT2D eigenvalue weighted by atomic mass is 10.1. The van der Waals surface area contributed by atoms with Crippen LogP contribution in [0.25, 0.3) is 17.1 Å². The third-order valence-electron chi connectivity index (χ3n) is 6.38. The number of nitrogens with zero attached hydrogens (tertiary/aromatic N) is 6. The van der Waals surface area contributed by atoms with Crippen molar-refractivity contribution in [2.24, 2.45) is 0 Å². The number of carbonyl (C=O) groups excluding carboxylic acids is 1. The molecule has 38 heavy (non-hydrogen) atoms. The quantitative estimate of drug-likeness (QED) is 0.321. The Morgan fingerprint density at radius 1 is 0.974 bits per heavy atom. The lowest BCUT2D eigenvalue weighted by molar-refractivity contribution is -0.137. The van der Waals surface area contributed by atoms with Gasteiger partial charge in [-0.1, -0.05) is 36.0 Å². The van der Waals surface area contributed by atoms with Crippen molar-refractivity contribution in [2.75, 3.05) is 33.2 Å². The number of rotatable bonds is 6. The molecule has 3 heterocycles. The van der Waals surface area contributed by atoms with Crippen LogP contribution in [0.15, 0.2) is 78.2 Å². The number of likely N-dealkylation sites (N-methyl/N-ethyl adjacent to an activating group) is 1. The van der Waals surface area contributed by atoms with E-state index in [0.717, 1.165) is 30.8 Å². The average Bonchev–Trinajstić information content (AvgIpc) is 3.36. The second kappa shape index (κ2) is 11.0. The Bertz CT molecular complexity index is 1420. The molecule has 0 N–H and O–H groups in total. The first-order valence-corrected chi connectivity index (χ1v) is 13.0. The maximum absolute atomic E-state index is 13.5. The van der Waals surface area contributed by atoms with Crippen LogP contribution in [0.5, 0.6) is 0 Å². The molecular formula is C27H25F3N6OS. The normalized spacial score (nSPS) is 14.6. The molecule has 1 saturated heterocycles. The van der Waals surface area contributed by atoms with Gasteiger partial charge in [-0.05, 0) is 49.0 Å². The number of halogens is 3. The minimum absolute atomic E-state index is 0.0234. The van der Waals surface area contributed by atoms with Gasteiger partial charge in [0.15, 0.2) is 11.0 Å². The van der Waals surface area contributed by atoms with Crippen molar-refractivity contribution in [3.05, 3.63) is 89.7 Å². The van der Waals surface area contributed by atoms with Crippen LogP contribution >= 0.6 is 11.8 Å². The summed E-state index contributed by atoms with van der Waals surface area (Å²) < 4.78 is 42.1. The highest BCUT2D eigenvalue weighted by molar-refractivity contribution is 7.98. The molecule has 0 unspecified atom stereocenters. The molecule has 0 atom stereocenters. The number of pyridine rings is 1. The summed E-state index contributed by atoms with van der Waals surface area (Å²) in [7, 11) is 2.03. The van der Waals surface area contributed by atoms with Gasteiger partial charge in [0.25, 0.3) is 5.91 Å². The lowest BCUT2D eigenvalue weighted by Gasteiger charge is -2.32. The van der Waals surface area contributed by atoms with Crippen LogP contribution in [0, 0.1) is 0 Å². The highest BCUT2D eigenvalue weighted by Gasteiger charge is 2.31. The molecule has 1 fully saturated rings. The van der Waals surface area contributed by atoms with Crippen molar-refractivity contribution in [3.63, 3.8) is 0 Å². The number of aromatic nitrogens is 4. The van der Waals surface area contributed by atoms with Gasteiger partial charge in [-0.3, -0.25) is 14.3 Å². The van der Waals surface area contributed by atoms with Crippen molar-refractivity contribution in [1.29, 1.82) is 0 Å². The molecule has 0 bridgehead atoms. The van der Waals surface area contributed by atoms with Crippen LogP contribution in [-0.2, 0) is 11.9 Å². The fourth-order valence-electron chi connectivity index (χ4n) is 4.28. The van der Waals surface area contributed by atoms with E-state index in [1.54, 1.807) is 35.2 Å². The zero-order valence-corrected chi connectivity index (χ0v) is 21.4. The molecule has 2 aromatic heterocycles. The minimum atomic E-state index is -4.49. The first-order valence-electron chi connectivity index (χ1n) is 12.0. The van der Waals surface area contributed by atoms with Gasteiger partial charge < -0.3 is 9.80 Å². The zero-order chi connectivity index (χ0) is 26.7. The summed E-state index contributed by atoms with van der Waals surface area (Å²) in [5.41, 5.74) is 1.58. The van der Waals surface area contributed by atoms with E-state index in [1.807, 2.05) is 36.2 Å². The van der Waals surface area contributed by atoms with E-state index in [2.05, 4.69) is 20.1 Å². The Morgan fingerprint density at radius 2 is 1.76 bits per heavy atom. The summed E-state index contributed by atoms with van der Waals surface area (Å²) in [6.45, 7) is 2.96. The van der Waals surface area contributed by atoms with Gasteiger partial charge in [-0.15, -0.1) is 10.2 Å². The Kier molecular flexibility index (Phi) is 7.48. The van der Waals surface area contributed by atoms with E-state index in [1.165, 1.54) is 17.8 Å². The molecule has 1 aliphatic rings. The Hall–Kier alpha value is -3.70. The van der Waals surface area contributed by atoms with Crippen LogP contribution in [-0.4, -0.2) is 68.7 Å². The van der Waals surface area contributed by atoms with Crippen LogP contribution in [0.2, 0.25) is 0 Å². The first-order chi connectivity index (χ1) is 18.3. The topological polar surface area (TPSA) is 67.2 Å². The van der Waals surface area contributed by atoms with Crippen molar-refractivity contribution >= 4 is 17.7 Å². The fraction of sp³-hybridized carbons (Fsp3) is 0.259. The fourth-order valence-corrected chi connectivity index (χ4v) is 5.23. The molecular weight excluding hydrogens is 513 g/mol. The SMILES string of the molecule is CN1CCN(C(=O)c2ccccc2CSc2nnc(-c3cccnc3)n2-c2cccc(C(F)(F)F)c2)CC1. The van der Waals surface area contributed by atoms with Crippen LogP contribution in [0.3, 0.4) is 0 Å². The zero-order valence-electron chi connectivity index (χ0n) is 20.6. The summed E-state index contributed by atoms with van der Waals surface area (Å²) in [4.78, 5) is 21.5. The molecule has 5 rings (SSSR count). The predicted octanol–water partition coefficient (Wildman–Crippen LogP) is 5.03. The number of amides is 1. The minimum Gasteiger partial charge on any atom is -0.336 e. The highest BCUT2D eigenvalue weighted by atomic mass is 32.2. The molecule has 4 aromatic rings. The Morgan fingerprint density at radius 3 is 2.50 bits per heavy atom. The second-order valence-electron chi connectivity index (χ2n) is 8.97. The molecule has 0 radical (unpaired) electrons. The standard InChI is InChI=1S/C27H25F3N6OS/c1-34-12-14-35(15-13-34)25(37)23-10-3-2-6-20(23)18-38-26-33-32-24(19-7-5-11-31-17-19)36(26)22-9-4-8-21(16-22)27(28,29)30/h2-11,16-17H,12-15,18H2,1H3. The second-order valence-corrected chi connectivity index (χ2v) is 9.92. The van der Waals surface area contributed by atoms with Crippen LogP contribution < -0.4 is 0 Å². The first kappa shape index (κ1) is 25.9. The molecule has 11 heteroatoms. The number of piperazine rings is 1. The number of hydrogen-bond acceptors (Lipinski definition) is 6. The summed E-state index contributed by atoms with van der Waals surface area (Å²) in [6.07, 6.45) is -1.29. The Labute approximate surface area is 222 Å². The molecule has 0 spiro atoms. The van der Waals surface area contributed by atoms with E-state index < -0.39 is 11.7 Å². The van der Waals surface area contributed by atoms with E-state index in [9.17, 15) is 18.0 Å². The summed E-state index contributed by atoms with van der Waals surface area (Å²) >= 11 is 1.31. The van der Waals surface area contributed by atoms with Crippen LogP contribution in [0.4, 0.5) is 13.2 Å². The van der Waals surface area contributed by atoms with E-state index in [-0.39, 0.29) is 11.6 Å². The van der Waals surface area contributed by atoms with Crippen molar-refractivity contribution in [2.45, 2.75) is 17.1 Å². The maximum Gasteiger partial charge on any atom is 0.416 e. The molecule has 1 aliphatic heterocycles. The van der Waals surface area contributed by atoms with E-state index >= 15 is 0 Å². The lowest BCUT2D eigenvalue weighted by Crippen LogP contribution is -2.47. The third-order valence-corrected chi connectivity index (χ3v) is 7.36. The van der Waals surface area contributed by atoms with Crippen molar-refractivity contribution in [3.8, 4) is 17.1 Å². The monoisotopic (exact) mass is 538 g/mol. The molecule has 7 nitrogen and oxygen atoms in total. The molecule has 0 aliphatic carbocycles. The maximum atomic E-state index is 13.5. The Balaban J connectivity index is 1.47. The summed E-state index contributed by atoms with van der Waals surface area (Å²) in [5.74, 6) is 0.742. The number of hydrogen-bond donors (Lipinski definition) is 0. The van der Waals surface area contributed by atoms with E-state index in [4.69, 9.17) is 0 Å². The van der Waals surface area contributed by atoms with Gasteiger partial charge >= 0.3 is 6.18 Å². The predicted molar refractivity (Wildman–Crippen MR) is 139 cm³/mol. The van der Waals surface area contributed by atoms with Gasteiger partial charge in [0.1, 0.15) is 0 Å². The number of thioether (sulfide) groups is 1. The summed E-state index contributed by atoms with van der Waals surface area (Å²) in [6, 6.07) is 16.0. The molecule has 196 valence electrons. The van der Waals surface area contributed by atoms with E-state index in [0.29, 0.717) is 41.0 Å². The van der Waals surface area contributed by atoms with Gasteiger partial charge in [0, 0.05) is 55.5 Å². The molecule has 0 saturated carbocycles. The van der Waals surface area contributed by atoms with Crippen LogP contribution in [0.1, 0.15) is 21.5 Å². The number of benzene rings is 2. The van der Waals surface area contributed by atoms with Crippen molar-refractivity contribution < 1.29 is 18.0 Å². The third kappa shape index (κ3) is 5.58. The number of carbonyl (C=O) groups is 1. The van der Waals surface area contributed by atoms with Gasteiger partial charge in [0.05, 0.1) is 11.3 Å². The van der Waals surface area contributed by atoms with Gasteiger partial charge in [0.2, 0.25) is 0 Å². The average molecular weight is 539 g/mol. The summed E-state index contributed by atoms with van der Waals surface area (Å²) in [5, 5.41) is 9.02. The van der Waals surface area contributed by atoms with Gasteiger partial charge in [-0.25, -0.2) is 0 Å². The largest absolute Gasteiger partial charge is 0.416 e. The number of alkyl halides is 3. The van der Waals surface area contributed by atoms with Gasteiger partial charge in [-0.2, -0.15) is 13.2 Å². The smallest absolute Gasteiger partial charge is 0.336 e.